The molecule has 0 saturated carbocycles. The number of rotatable bonds is 11. The second-order valence-corrected chi connectivity index (χ2v) is 12.3. The third-order valence-electron chi connectivity index (χ3n) is 4.12. The van der Waals surface area contributed by atoms with E-state index in [1.165, 1.54) is 0 Å². The summed E-state index contributed by atoms with van der Waals surface area (Å²) in [5, 5.41) is 6.07. The Kier molecular flexibility index (Phi) is 12.6. The predicted molar refractivity (Wildman–Crippen MR) is 144 cm³/mol. The van der Waals surface area contributed by atoms with Crippen LogP contribution >= 0.6 is 23.5 Å². The van der Waals surface area contributed by atoms with Crippen molar-refractivity contribution in [1.82, 2.24) is 0 Å². The quantitative estimate of drug-likeness (QED) is 0.121. The molecule has 0 saturated heterocycles. The van der Waals surface area contributed by atoms with E-state index in [9.17, 15) is 26.4 Å². The topological polar surface area (TPSA) is 164 Å². The minimum atomic E-state index is -4.14. The highest BCUT2D eigenvalue weighted by Crippen LogP contribution is 2.16. The Hall–Kier alpha value is -3.08. The zero-order chi connectivity index (χ0) is 28.0. The molecule has 0 spiro atoms. The third-order valence-corrected chi connectivity index (χ3v) is 8.20. The zero-order valence-corrected chi connectivity index (χ0v) is 23.5. The summed E-state index contributed by atoms with van der Waals surface area (Å²) in [6.45, 7) is 0. The molecule has 0 bridgehead atoms. The first-order valence-corrected chi connectivity index (χ1v) is 15.7. The first-order chi connectivity index (χ1) is 18.0. The number of carbonyl (C=O) groups is 2. The Balaban J connectivity index is 1.98. The van der Waals surface area contributed by atoms with Crippen LogP contribution in [0.5, 0.6) is 0 Å². The molecular weight excluding hydrogens is 581 g/mol. The molecule has 0 aliphatic rings. The molecule has 0 fully saturated rings. The molecule has 0 unspecified atom stereocenters. The molecule has 16 heteroatoms. The van der Waals surface area contributed by atoms with Crippen molar-refractivity contribution in [2.24, 2.45) is 10.3 Å². The molecule has 0 heterocycles. The molecule has 2 aromatic carbocycles. The molecule has 0 amide bonds. The van der Waals surface area contributed by atoms with Crippen LogP contribution in [0.1, 0.15) is 11.1 Å². The van der Waals surface area contributed by atoms with Gasteiger partial charge in [0, 0.05) is 11.5 Å². The fraction of sp³-hybridized carbons (Fsp3) is 0.273. The highest BCUT2D eigenvalue weighted by molar-refractivity contribution is 8.18. The Morgan fingerprint density at radius 1 is 0.658 bits per heavy atom. The Morgan fingerprint density at radius 3 is 1.32 bits per heavy atom. The molecule has 2 aromatic rings. The summed E-state index contributed by atoms with van der Waals surface area (Å²) in [7, 11) is -6.11. The fourth-order valence-electron chi connectivity index (χ4n) is 2.49. The second kappa shape index (κ2) is 15.4. The van der Waals surface area contributed by atoms with Gasteiger partial charge < -0.3 is 9.47 Å². The molecule has 0 aliphatic carbocycles. The molecule has 0 atom stereocenters. The minimum absolute atomic E-state index is 0.0907. The van der Waals surface area contributed by atoms with Crippen LogP contribution in [0.4, 0.5) is 0 Å². The lowest BCUT2D eigenvalue weighted by Crippen LogP contribution is -2.17. The van der Waals surface area contributed by atoms with Gasteiger partial charge in [0.15, 0.2) is 0 Å². The Morgan fingerprint density at radius 2 is 1.00 bits per heavy atom. The maximum atomic E-state index is 12.2. The Bertz CT molecular complexity index is 1240. The lowest BCUT2D eigenvalue weighted by Gasteiger charge is -2.07. The standard InChI is InChI=1S/C22H24N2O10S4/c1-31-21(25)19(23-33-37(27,28)15-17-9-5-3-6-10-17)35-13-14-36-20(22(26)32-2)24-34-38(29,30)16-18-11-7-4-8-12-18/h3-12H,13-16H2,1-2H3. The van der Waals surface area contributed by atoms with E-state index in [1.807, 2.05) is 0 Å². The number of ether oxygens (including phenoxy) is 2. The SMILES string of the molecule is COC(=O)C(=NOS(=O)(=O)Cc1ccccc1)SCCSC(=NOS(=O)(=O)Cc1ccccc1)C(=O)OC. The van der Waals surface area contributed by atoms with Crippen molar-refractivity contribution >= 4 is 65.8 Å². The monoisotopic (exact) mass is 604 g/mol. The van der Waals surface area contributed by atoms with Gasteiger partial charge in [0.1, 0.15) is 11.5 Å². The van der Waals surface area contributed by atoms with E-state index < -0.39 is 43.7 Å². The number of oxime groups is 2. The number of hydrogen-bond donors (Lipinski definition) is 0. The summed E-state index contributed by atoms with van der Waals surface area (Å²) in [5.41, 5.74) is 0.933. The van der Waals surface area contributed by atoms with Crippen molar-refractivity contribution < 1.29 is 44.5 Å². The molecule has 0 aliphatic heterocycles. The molecule has 206 valence electrons. The van der Waals surface area contributed by atoms with E-state index >= 15 is 0 Å². The van der Waals surface area contributed by atoms with Crippen LogP contribution < -0.4 is 0 Å². The van der Waals surface area contributed by atoms with Crippen molar-refractivity contribution in [3.63, 3.8) is 0 Å². The van der Waals surface area contributed by atoms with Crippen LogP contribution in [-0.2, 0) is 59.4 Å². The summed E-state index contributed by atoms with van der Waals surface area (Å²) in [4.78, 5) is 24.0. The van der Waals surface area contributed by atoms with Crippen LogP contribution in [0.3, 0.4) is 0 Å². The maximum absolute atomic E-state index is 12.2. The van der Waals surface area contributed by atoms with Gasteiger partial charge in [-0.05, 0) is 11.1 Å². The number of benzene rings is 2. The fourth-order valence-corrected chi connectivity index (χ4v) is 5.90. The molecule has 0 N–H and O–H groups in total. The zero-order valence-electron chi connectivity index (χ0n) is 20.2. The van der Waals surface area contributed by atoms with Gasteiger partial charge in [-0.25, -0.2) is 9.59 Å². The van der Waals surface area contributed by atoms with E-state index in [-0.39, 0.29) is 21.6 Å². The van der Waals surface area contributed by atoms with Gasteiger partial charge in [-0.3, -0.25) is 8.57 Å². The summed E-state index contributed by atoms with van der Waals surface area (Å²) in [5.74, 6) is -2.61. The van der Waals surface area contributed by atoms with Crippen LogP contribution in [-0.4, -0.2) is 64.6 Å². The summed E-state index contributed by atoms with van der Waals surface area (Å²) < 4.78 is 67.2. The van der Waals surface area contributed by atoms with Crippen LogP contribution in [0.25, 0.3) is 0 Å². The van der Waals surface area contributed by atoms with Crippen LogP contribution in [0, 0.1) is 0 Å². The number of methoxy groups -OCH3 is 2. The summed E-state index contributed by atoms with van der Waals surface area (Å²) in [6, 6.07) is 16.5. The predicted octanol–water partition coefficient (Wildman–Crippen LogP) is 2.52. The molecule has 0 radical (unpaired) electrons. The molecule has 0 aromatic heterocycles. The number of carbonyl (C=O) groups excluding carboxylic acids is 2. The van der Waals surface area contributed by atoms with E-state index in [2.05, 4.69) is 28.4 Å². The Labute approximate surface area is 229 Å². The minimum Gasteiger partial charge on any atom is -0.464 e. The molecule has 38 heavy (non-hydrogen) atoms. The van der Waals surface area contributed by atoms with Gasteiger partial charge in [-0.2, -0.15) is 16.8 Å². The number of hydrogen-bond acceptors (Lipinski definition) is 14. The van der Waals surface area contributed by atoms with Crippen molar-refractivity contribution in [2.75, 3.05) is 25.7 Å². The molecule has 12 nitrogen and oxygen atoms in total. The summed E-state index contributed by atoms with van der Waals surface area (Å²) >= 11 is 1.57. The number of nitrogens with zero attached hydrogens (tertiary/aromatic N) is 2. The van der Waals surface area contributed by atoms with Crippen molar-refractivity contribution in [3.05, 3.63) is 71.8 Å². The van der Waals surface area contributed by atoms with Gasteiger partial charge in [0.2, 0.25) is 10.1 Å². The van der Waals surface area contributed by atoms with Gasteiger partial charge in [-0.1, -0.05) is 94.5 Å². The van der Waals surface area contributed by atoms with E-state index in [0.29, 0.717) is 11.1 Å². The van der Waals surface area contributed by atoms with E-state index in [4.69, 9.17) is 0 Å². The lowest BCUT2D eigenvalue weighted by molar-refractivity contribution is -0.133. The van der Waals surface area contributed by atoms with Gasteiger partial charge in [0.05, 0.1) is 14.2 Å². The van der Waals surface area contributed by atoms with E-state index in [0.717, 1.165) is 37.7 Å². The third kappa shape index (κ3) is 11.5. The first kappa shape index (κ1) is 31.1. The number of thioether (sulfide) groups is 2. The lowest BCUT2D eigenvalue weighted by atomic mass is 10.2. The highest BCUT2D eigenvalue weighted by Gasteiger charge is 2.21. The summed E-state index contributed by atoms with van der Waals surface area (Å²) in [6.07, 6.45) is 0. The average molecular weight is 605 g/mol. The first-order valence-electron chi connectivity index (χ1n) is 10.5. The molecular formula is C22H24N2O10S4. The largest absolute Gasteiger partial charge is 0.464 e. The second-order valence-electron chi connectivity index (χ2n) is 7.00. The number of esters is 2. The van der Waals surface area contributed by atoms with Gasteiger partial charge >= 0.3 is 32.2 Å². The van der Waals surface area contributed by atoms with Gasteiger partial charge in [-0.15, -0.1) is 0 Å². The normalized spacial score (nSPS) is 12.5. The van der Waals surface area contributed by atoms with Crippen LogP contribution in [0.15, 0.2) is 71.0 Å². The van der Waals surface area contributed by atoms with Crippen molar-refractivity contribution in [1.29, 1.82) is 0 Å². The smallest absolute Gasteiger partial charge is 0.366 e. The highest BCUT2D eigenvalue weighted by atomic mass is 32.2. The van der Waals surface area contributed by atoms with Gasteiger partial charge in [0.25, 0.3) is 0 Å². The van der Waals surface area contributed by atoms with Crippen molar-refractivity contribution in [3.8, 4) is 0 Å². The molecule has 2 rings (SSSR count). The average Bonchev–Trinajstić information content (AvgIpc) is 2.89. The maximum Gasteiger partial charge on any atom is 0.366 e. The van der Waals surface area contributed by atoms with Crippen LogP contribution in [0.2, 0.25) is 0 Å². The van der Waals surface area contributed by atoms with E-state index in [1.54, 1.807) is 60.7 Å². The van der Waals surface area contributed by atoms with Crippen molar-refractivity contribution in [2.45, 2.75) is 11.5 Å².